The summed E-state index contributed by atoms with van der Waals surface area (Å²) in [6, 6.07) is 22.7. The predicted molar refractivity (Wildman–Crippen MR) is 137 cm³/mol. The Kier molecular flexibility index (Phi) is 6.73. The molecule has 0 spiro atoms. The minimum atomic E-state index is -3.85. The Hall–Kier alpha value is -3.01. The number of hydrogen-bond donors (Lipinski definition) is 0. The molecule has 9 heteroatoms. The monoisotopic (exact) mass is 552 g/mol. The number of fused-ring (bicyclic) bond motifs is 1. The van der Waals surface area contributed by atoms with Crippen molar-refractivity contribution < 1.29 is 13.2 Å². The summed E-state index contributed by atoms with van der Waals surface area (Å²) in [5.74, 6) is 0.350. The van der Waals surface area contributed by atoms with Gasteiger partial charge in [-0.15, -0.1) is 5.10 Å². The van der Waals surface area contributed by atoms with Gasteiger partial charge >= 0.3 is 0 Å². The van der Waals surface area contributed by atoms with E-state index in [0.717, 1.165) is 15.6 Å². The molecule has 35 heavy (non-hydrogen) atoms. The summed E-state index contributed by atoms with van der Waals surface area (Å²) in [5.41, 5.74) is 3.92. The largest absolute Gasteiger partial charge is 0.490 e. The molecule has 0 saturated carbocycles. The highest BCUT2D eigenvalue weighted by Gasteiger charge is 2.37. The van der Waals surface area contributed by atoms with Crippen molar-refractivity contribution in [3.8, 4) is 5.75 Å². The van der Waals surface area contributed by atoms with E-state index in [2.05, 4.69) is 50.5 Å². The zero-order valence-electron chi connectivity index (χ0n) is 19.2. The molecule has 1 aliphatic heterocycles. The van der Waals surface area contributed by atoms with Gasteiger partial charge in [-0.25, -0.2) is 13.1 Å². The Balaban J connectivity index is 1.45. The molecule has 0 fully saturated rings. The number of rotatable bonds is 6. The summed E-state index contributed by atoms with van der Waals surface area (Å²) in [7, 11) is -3.85. The van der Waals surface area contributed by atoms with Crippen LogP contribution in [0.15, 0.2) is 88.4 Å². The van der Waals surface area contributed by atoms with E-state index >= 15 is 0 Å². The van der Waals surface area contributed by atoms with Gasteiger partial charge in [0.15, 0.2) is 0 Å². The second-order valence-corrected chi connectivity index (χ2v) is 11.5. The Morgan fingerprint density at radius 2 is 1.77 bits per heavy atom. The lowest BCUT2D eigenvalue weighted by Crippen LogP contribution is -2.42. The van der Waals surface area contributed by atoms with Gasteiger partial charge < -0.3 is 4.74 Å². The van der Waals surface area contributed by atoms with Gasteiger partial charge in [0.25, 0.3) is 0 Å². The molecule has 0 N–H and O–H groups in total. The molecule has 1 aliphatic rings. The first kappa shape index (κ1) is 23.7. The van der Waals surface area contributed by atoms with E-state index in [4.69, 9.17) is 4.74 Å². The Morgan fingerprint density at radius 1 is 1.00 bits per heavy atom. The van der Waals surface area contributed by atoms with Crippen LogP contribution in [0.1, 0.15) is 22.4 Å². The Morgan fingerprint density at radius 3 is 2.54 bits per heavy atom. The van der Waals surface area contributed by atoms with Gasteiger partial charge in [0, 0.05) is 4.47 Å². The molecule has 5 rings (SSSR count). The van der Waals surface area contributed by atoms with E-state index in [-0.39, 0.29) is 18.0 Å². The first-order valence-corrected chi connectivity index (χ1v) is 13.5. The molecule has 0 unspecified atom stereocenters. The maximum atomic E-state index is 13.8. The van der Waals surface area contributed by atoms with Gasteiger partial charge in [0.2, 0.25) is 10.0 Å². The van der Waals surface area contributed by atoms with Crippen molar-refractivity contribution in [1.82, 2.24) is 19.3 Å². The van der Waals surface area contributed by atoms with Gasteiger partial charge in [-0.2, -0.15) is 4.31 Å². The van der Waals surface area contributed by atoms with Gasteiger partial charge in [-0.1, -0.05) is 81.3 Å². The third-order valence-corrected chi connectivity index (χ3v) is 8.45. The fraction of sp³-hybridized carbons (Fsp3) is 0.231. The minimum Gasteiger partial charge on any atom is -0.490 e. The van der Waals surface area contributed by atoms with Crippen molar-refractivity contribution in [2.75, 3.05) is 6.61 Å². The van der Waals surface area contributed by atoms with Crippen LogP contribution in [0.2, 0.25) is 0 Å². The first-order chi connectivity index (χ1) is 16.9. The Labute approximate surface area is 213 Å². The van der Waals surface area contributed by atoms with Crippen LogP contribution in [0, 0.1) is 6.92 Å². The second-order valence-electron chi connectivity index (χ2n) is 8.69. The zero-order valence-corrected chi connectivity index (χ0v) is 21.6. The fourth-order valence-corrected chi connectivity index (χ4v) is 6.22. The van der Waals surface area contributed by atoms with Crippen molar-refractivity contribution in [3.63, 3.8) is 0 Å². The van der Waals surface area contributed by atoms with Crippen molar-refractivity contribution in [1.29, 1.82) is 0 Å². The molecule has 0 radical (unpaired) electrons. The average Bonchev–Trinajstić information content (AvgIpc) is 3.25. The zero-order chi connectivity index (χ0) is 24.4. The van der Waals surface area contributed by atoms with E-state index in [0.29, 0.717) is 24.4 Å². The van der Waals surface area contributed by atoms with Crippen LogP contribution in [0.5, 0.6) is 5.75 Å². The summed E-state index contributed by atoms with van der Waals surface area (Å²) in [6.07, 6.45) is 2.33. The van der Waals surface area contributed by atoms with E-state index in [9.17, 15) is 8.42 Å². The van der Waals surface area contributed by atoms with Crippen LogP contribution < -0.4 is 4.74 Å². The quantitative estimate of drug-likeness (QED) is 0.349. The summed E-state index contributed by atoms with van der Waals surface area (Å²) in [6.45, 7) is 2.94. The Bertz CT molecular complexity index is 1420. The van der Waals surface area contributed by atoms with Crippen molar-refractivity contribution in [3.05, 3.63) is 106 Å². The highest BCUT2D eigenvalue weighted by Crippen LogP contribution is 2.35. The van der Waals surface area contributed by atoms with Crippen LogP contribution in [0.3, 0.4) is 0 Å². The lowest BCUT2D eigenvalue weighted by molar-refractivity contribution is 0.206. The molecule has 4 aromatic rings. The van der Waals surface area contributed by atoms with Gasteiger partial charge in [0.1, 0.15) is 17.3 Å². The van der Waals surface area contributed by atoms with E-state index in [1.807, 2.05) is 43.5 Å². The number of halogens is 1. The third kappa shape index (κ3) is 5.32. The maximum Gasteiger partial charge on any atom is 0.247 e. The van der Waals surface area contributed by atoms with Crippen molar-refractivity contribution >= 4 is 26.0 Å². The van der Waals surface area contributed by atoms with Gasteiger partial charge in [-0.05, 0) is 42.7 Å². The molecule has 1 atom stereocenters. The predicted octanol–water partition coefficient (Wildman–Crippen LogP) is 4.59. The normalized spacial score (nSPS) is 17.4. The van der Waals surface area contributed by atoms with E-state index < -0.39 is 16.1 Å². The number of benzene rings is 3. The summed E-state index contributed by atoms with van der Waals surface area (Å²) < 4.78 is 37.7. The molecule has 0 bridgehead atoms. The molecular weight excluding hydrogens is 528 g/mol. The van der Waals surface area contributed by atoms with E-state index in [1.165, 1.54) is 9.87 Å². The summed E-state index contributed by atoms with van der Waals surface area (Å²) in [4.78, 5) is 0.156. The molecule has 0 aliphatic carbocycles. The lowest BCUT2D eigenvalue weighted by atomic mass is 10.1. The fourth-order valence-electron chi connectivity index (χ4n) is 4.19. The summed E-state index contributed by atoms with van der Waals surface area (Å²) in [5, 5.41) is 8.53. The number of ether oxygens (including phenoxy) is 1. The van der Waals surface area contributed by atoms with Crippen molar-refractivity contribution in [2.24, 2.45) is 0 Å². The standard InChI is InChI=1S/C26H25BrN4O3S/c1-19-7-9-21(10-8-19)15-30-16-23(28-29-30)17-31-24(13-20-5-3-2-4-6-20)18-34-25-14-22(27)11-12-26(25)35(31,32)33/h2-12,14,16,24H,13,15,17-18H2,1H3/t24-/m0/s1. The first-order valence-electron chi connectivity index (χ1n) is 11.3. The molecule has 1 aromatic heterocycles. The highest BCUT2D eigenvalue weighted by atomic mass is 79.9. The molecule has 7 nitrogen and oxygen atoms in total. The number of aromatic nitrogens is 3. The number of aryl methyl sites for hydroxylation is 1. The topological polar surface area (TPSA) is 77.3 Å². The number of sulfonamides is 1. The SMILES string of the molecule is Cc1ccc(Cn2cc(CN3[C@@H](Cc4ccccc4)COc4cc(Br)ccc4S3(=O)=O)nn2)cc1. The van der Waals surface area contributed by atoms with Gasteiger partial charge in [0.05, 0.1) is 31.0 Å². The second kappa shape index (κ2) is 9.93. The molecule has 2 heterocycles. The lowest BCUT2D eigenvalue weighted by Gasteiger charge is -2.27. The van der Waals surface area contributed by atoms with Crippen LogP contribution in [0.4, 0.5) is 0 Å². The number of hydrogen-bond acceptors (Lipinski definition) is 5. The van der Waals surface area contributed by atoms with Crippen LogP contribution in [0.25, 0.3) is 0 Å². The molecule has 180 valence electrons. The van der Waals surface area contributed by atoms with Crippen LogP contribution >= 0.6 is 15.9 Å². The molecule has 0 amide bonds. The third-order valence-electron chi connectivity index (χ3n) is 6.01. The van der Waals surface area contributed by atoms with Crippen LogP contribution in [-0.2, 0) is 29.5 Å². The molecule has 3 aromatic carbocycles. The minimum absolute atomic E-state index is 0.104. The van der Waals surface area contributed by atoms with Crippen molar-refractivity contribution in [2.45, 2.75) is 37.4 Å². The maximum absolute atomic E-state index is 13.8. The number of nitrogens with zero attached hydrogens (tertiary/aromatic N) is 4. The summed E-state index contributed by atoms with van der Waals surface area (Å²) >= 11 is 3.42. The molecular formula is C26H25BrN4O3S. The van der Waals surface area contributed by atoms with Crippen LogP contribution in [-0.4, -0.2) is 40.4 Å². The molecule has 0 saturated heterocycles. The van der Waals surface area contributed by atoms with E-state index in [1.54, 1.807) is 22.9 Å². The van der Waals surface area contributed by atoms with Gasteiger partial charge in [-0.3, -0.25) is 0 Å². The highest BCUT2D eigenvalue weighted by molar-refractivity contribution is 9.10. The average molecular weight is 553 g/mol. The smallest absolute Gasteiger partial charge is 0.247 e.